The summed E-state index contributed by atoms with van der Waals surface area (Å²) in [7, 11) is 1.33. The van der Waals surface area contributed by atoms with E-state index in [2.05, 4.69) is 26.0 Å². The van der Waals surface area contributed by atoms with E-state index in [1.807, 2.05) is 10.8 Å². The molecule has 6 heteroatoms. The number of nitrogens with zero attached hydrogens (tertiary/aromatic N) is 1. The normalized spacial score (nSPS) is 14.3. The number of carbonyl (C=O) groups is 2. The summed E-state index contributed by atoms with van der Waals surface area (Å²) in [6.07, 6.45) is 4.34. The third-order valence-corrected chi connectivity index (χ3v) is 3.26. The van der Waals surface area contributed by atoms with E-state index in [1.54, 1.807) is 6.07 Å². The van der Waals surface area contributed by atoms with Crippen LogP contribution in [0.1, 0.15) is 35.8 Å². The number of carbonyl (C=O) groups excluding carboxylic acids is 2. The van der Waals surface area contributed by atoms with Crippen LogP contribution in [0.5, 0.6) is 0 Å². The van der Waals surface area contributed by atoms with Gasteiger partial charge in [-0.1, -0.05) is 0 Å². The highest BCUT2D eigenvalue weighted by Crippen LogP contribution is 2.37. The van der Waals surface area contributed by atoms with Gasteiger partial charge in [-0.2, -0.15) is 0 Å². The number of hydrogen-bond donors (Lipinski definition) is 1. The van der Waals surface area contributed by atoms with Crippen molar-refractivity contribution in [2.75, 3.05) is 13.7 Å². The second-order valence-corrected chi connectivity index (χ2v) is 5.18. The average molecular weight is 315 g/mol. The van der Waals surface area contributed by atoms with Gasteiger partial charge in [0.2, 0.25) is 0 Å². The summed E-state index contributed by atoms with van der Waals surface area (Å²) in [6.45, 7) is 0.291. The second kappa shape index (κ2) is 5.56. The summed E-state index contributed by atoms with van der Waals surface area (Å²) in [6, 6.07) is 2.24. The van der Waals surface area contributed by atoms with Crippen molar-refractivity contribution in [3.05, 3.63) is 22.4 Å². The number of esters is 1. The monoisotopic (exact) mass is 314 g/mol. The molecule has 1 fully saturated rings. The number of ether oxygens (including phenoxy) is 1. The molecule has 1 aromatic rings. The molecule has 1 aliphatic carbocycles. The molecule has 0 saturated heterocycles. The number of hydrogen-bond acceptors (Lipinski definition) is 3. The first kappa shape index (κ1) is 13.1. The number of methoxy groups -OCH3 is 1. The van der Waals surface area contributed by atoms with Crippen LogP contribution in [0.3, 0.4) is 0 Å². The standard InChI is InChI=1S/C12H15BrN2O3/c1-18-11(16)4-5-14-12(17)10-6-8(13)7-15(10)9-2-3-9/h6-7,9H,2-5H2,1H3,(H,14,17). The molecule has 1 saturated carbocycles. The Morgan fingerprint density at radius 1 is 1.56 bits per heavy atom. The van der Waals surface area contributed by atoms with E-state index in [0.29, 0.717) is 18.3 Å². The van der Waals surface area contributed by atoms with Gasteiger partial charge in [0.1, 0.15) is 5.69 Å². The largest absolute Gasteiger partial charge is 0.469 e. The number of halogens is 1. The molecule has 1 amide bonds. The minimum Gasteiger partial charge on any atom is -0.469 e. The van der Waals surface area contributed by atoms with Gasteiger partial charge in [-0.25, -0.2) is 0 Å². The lowest BCUT2D eigenvalue weighted by atomic mass is 10.3. The van der Waals surface area contributed by atoms with Crippen LogP contribution in [-0.2, 0) is 9.53 Å². The fourth-order valence-corrected chi connectivity index (χ4v) is 2.19. The van der Waals surface area contributed by atoms with Crippen LogP contribution in [0.4, 0.5) is 0 Å². The molecule has 18 heavy (non-hydrogen) atoms. The summed E-state index contributed by atoms with van der Waals surface area (Å²) in [5.74, 6) is -0.481. The van der Waals surface area contributed by atoms with Crippen molar-refractivity contribution in [3.63, 3.8) is 0 Å². The van der Waals surface area contributed by atoms with Crippen molar-refractivity contribution in [2.24, 2.45) is 0 Å². The summed E-state index contributed by atoms with van der Waals surface area (Å²) in [4.78, 5) is 22.9. The molecular formula is C12H15BrN2O3. The minimum absolute atomic E-state index is 0.156. The zero-order valence-electron chi connectivity index (χ0n) is 10.1. The van der Waals surface area contributed by atoms with E-state index in [9.17, 15) is 9.59 Å². The molecule has 1 aromatic heterocycles. The topological polar surface area (TPSA) is 60.3 Å². The number of amides is 1. The van der Waals surface area contributed by atoms with Crippen LogP contribution in [-0.4, -0.2) is 30.1 Å². The van der Waals surface area contributed by atoms with Gasteiger partial charge in [0.05, 0.1) is 13.5 Å². The van der Waals surface area contributed by atoms with Crippen LogP contribution in [0.2, 0.25) is 0 Å². The highest BCUT2D eigenvalue weighted by molar-refractivity contribution is 9.10. The van der Waals surface area contributed by atoms with Crippen LogP contribution in [0.15, 0.2) is 16.7 Å². The summed E-state index contributed by atoms with van der Waals surface area (Å²) in [5.41, 5.74) is 0.634. The maximum atomic E-state index is 12.0. The van der Waals surface area contributed by atoms with Gasteiger partial charge in [0.15, 0.2) is 0 Å². The first-order chi connectivity index (χ1) is 8.61. The Bertz CT molecular complexity index is 466. The third kappa shape index (κ3) is 3.13. The lowest BCUT2D eigenvalue weighted by Gasteiger charge is -2.08. The highest BCUT2D eigenvalue weighted by Gasteiger charge is 2.27. The van der Waals surface area contributed by atoms with E-state index in [1.165, 1.54) is 7.11 Å². The molecule has 0 aromatic carbocycles. The Hall–Kier alpha value is -1.30. The van der Waals surface area contributed by atoms with E-state index in [0.717, 1.165) is 17.3 Å². The first-order valence-corrected chi connectivity index (χ1v) is 6.63. The van der Waals surface area contributed by atoms with Crippen molar-refractivity contribution in [3.8, 4) is 0 Å². The average Bonchev–Trinajstić information content (AvgIpc) is 3.12. The van der Waals surface area contributed by atoms with E-state index in [4.69, 9.17) is 0 Å². The van der Waals surface area contributed by atoms with Crippen LogP contribution in [0, 0.1) is 0 Å². The predicted octanol–water partition coefficient (Wildman–Crippen LogP) is 1.88. The van der Waals surface area contributed by atoms with Gasteiger partial charge in [-0.3, -0.25) is 9.59 Å². The van der Waals surface area contributed by atoms with Crippen LogP contribution >= 0.6 is 15.9 Å². The summed E-state index contributed by atoms with van der Waals surface area (Å²) in [5, 5.41) is 2.72. The number of nitrogens with one attached hydrogen (secondary N) is 1. The molecule has 0 aliphatic heterocycles. The second-order valence-electron chi connectivity index (χ2n) is 4.26. The highest BCUT2D eigenvalue weighted by atomic mass is 79.9. The molecule has 0 atom stereocenters. The minimum atomic E-state index is -0.325. The zero-order valence-corrected chi connectivity index (χ0v) is 11.7. The molecule has 0 spiro atoms. The maximum Gasteiger partial charge on any atom is 0.307 e. The van der Waals surface area contributed by atoms with Gasteiger partial charge in [0.25, 0.3) is 5.91 Å². The Balaban J connectivity index is 1.94. The van der Waals surface area contributed by atoms with Gasteiger partial charge in [-0.05, 0) is 34.8 Å². The van der Waals surface area contributed by atoms with Gasteiger partial charge < -0.3 is 14.6 Å². The Labute approximate surface area is 114 Å². The molecule has 1 heterocycles. The molecule has 0 unspecified atom stereocenters. The predicted molar refractivity (Wildman–Crippen MR) is 69.4 cm³/mol. The van der Waals surface area contributed by atoms with Crippen molar-refractivity contribution in [1.29, 1.82) is 0 Å². The fraction of sp³-hybridized carbons (Fsp3) is 0.500. The van der Waals surface area contributed by atoms with E-state index < -0.39 is 0 Å². The SMILES string of the molecule is COC(=O)CCNC(=O)c1cc(Br)cn1C1CC1. The van der Waals surface area contributed by atoms with E-state index in [-0.39, 0.29) is 18.3 Å². The number of rotatable bonds is 5. The zero-order chi connectivity index (χ0) is 13.1. The lowest BCUT2D eigenvalue weighted by molar-refractivity contribution is -0.140. The molecule has 0 bridgehead atoms. The van der Waals surface area contributed by atoms with Crippen LogP contribution in [0.25, 0.3) is 0 Å². The molecular weight excluding hydrogens is 300 g/mol. The quantitative estimate of drug-likeness (QED) is 0.844. The van der Waals surface area contributed by atoms with Crippen molar-refractivity contribution < 1.29 is 14.3 Å². The van der Waals surface area contributed by atoms with Gasteiger partial charge in [-0.15, -0.1) is 0 Å². The van der Waals surface area contributed by atoms with Gasteiger partial charge in [0, 0.05) is 23.3 Å². The number of aromatic nitrogens is 1. The molecule has 1 aliphatic rings. The Morgan fingerprint density at radius 2 is 2.28 bits per heavy atom. The Kier molecular flexibility index (Phi) is 4.06. The molecule has 0 radical (unpaired) electrons. The molecule has 98 valence electrons. The lowest BCUT2D eigenvalue weighted by Crippen LogP contribution is -2.28. The smallest absolute Gasteiger partial charge is 0.307 e. The first-order valence-electron chi connectivity index (χ1n) is 5.84. The van der Waals surface area contributed by atoms with Gasteiger partial charge >= 0.3 is 5.97 Å². The van der Waals surface area contributed by atoms with Crippen LogP contribution < -0.4 is 5.32 Å². The third-order valence-electron chi connectivity index (χ3n) is 2.83. The van der Waals surface area contributed by atoms with E-state index >= 15 is 0 Å². The molecule has 5 nitrogen and oxygen atoms in total. The summed E-state index contributed by atoms with van der Waals surface area (Å²) < 4.78 is 7.39. The van der Waals surface area contributed by atoms with Crippen molar-refractivity contribution >= 4 is 27.8 Å². The van der Waals surface area contributed by atoms with Crippen molar-refractivity contribution in [1.82, 2.24) is 9.88 Å². The molecule has 2 rings (SSSR count). The summed E-state index contributed by atoms with van der Waals surface area (Å²) >= 11 is 3.38. The Morgan fingerprint density at radius 3 is 2.89 bits per heavy atom. The van der Waals surface area contributed by atoms with Crippen molar-refractivity contribution in [2.45, 2.75) is 25.3 Å². The molecule has 1 N–H and O–H groups in total. The maximum absolute atomic E-state index is 12.0. The fourth-order valence-electron chi connectivity index (χ4n) is 1.75.